The van der Waals surface area contributed by atoms with Gasteiger partial charge in [0.1, 0.15) is 0 Å². The van der Waals surface area contributed by atoms with Gasteiger partial charge in [0.05, 0.1) is 5.41 Å². The molecule has 4 heteroatoms. The quantitative estimate of drug-likeness (QED) is 0.574. The molecule has 4 nitrogen and oxygen atoms in total. The van der Waals surface area contributed by atoms with Crippen molar-refractivity contribution in [2.75, 3.05) is 5.32 Å². The molecule has 0 heterocycles. The molecule has 2 saturated carbocycles. The summed E-state index contributed by atoms with van der Waals surface area (Å²) in [5.41, 5.74) is 4.23. The molecule has 1 spiro atoms. The second kappa shape index (κ2) is 8.30. The third kappa shape index (κ3) is 4.20. The maximum Gasteiger partial charge on any atom is 0.230 e. The molecule has 33 heavy (non-hydrogen) atoms. The maximum absolute atomic E-state index is 13.0. The average molecular weight is 445 g/mol. The summed E-state index contributed by atoms with van der Waals surface area (Å²) >= 11 is 0. The van der Waals surface area contributed by atoms with Gasteiger partial charge in [0.2, 0.25) is 11.8 Å². The van der Waals surface area contributed by atoms with Crippen molar-refractivity contribution in [1.82, 2.24) is 5.32 Å². The van der Waals surface area contributed by atoms with Crippen molar-refractivity contribution >= 4 is 17.5 Å². The normalized spacial score (nSPS) is 21.7. The fourth-order valence-corrected chi connectivity index (χ4v) is 5.82. The first-order valence-electron chi connectivity index (χ1n) is 12.6. The van der Waals surface area contributed by atoms with Crippen LogP contribution in [0.1, 0.15) is 81.9 Å². The summed E-state index contributed by atoms with van der Waals surface area (Å²) in [6.45, 7) is 6.05. The van der Waals surface area contributed by atoms with Gasteiger partial charge in [-0.2, -0.15) is 0 Å². The molecular weight excluding hydrogens is 408 g/mol. The Bertz CT molecular complexity index is 1050. The van der Waals surface area contributed by atoms with Gasteiger partial charge >= 0.3 is 0 Å². The first-order valence-corrected chi connectivity index (χ1v) is 12.6. The van der Waals surface area contributed by atoms with Crippen molar-refractivity contribution in [1.29, 1.82) is 0 Å². The van der Waals surface area contributed by atoms with Gasteiger partial charge in [0.25, 0.3) is 0 Å². The predicted octanol–water partition coefficient (Wildman–Crippen LogP) is 5.72. The summed E-state index contributed by atoms with van der Waals surface area (Å²) in [4.78, 5) is 25.9. The first kappa shape index (κ1) is 22.2. The van der Waals surface area contributed by atoms with Gasteiger partial charge in [0.15, 0.2) is 0 Å². The Labute approximate surface area is 197 Å². The Kier molecular flexibility index (Phi) is 5.58. The van der Waals surface area contributed by atoms with E-state index in [4.69, 9.17) is 0 Å². The number of rotatable bonds is 7. The third-order valence-electron chi connectivity index (χ3n) is 8.67. The van der Waals surface area contributed by atoms with Crippen molar-refractivity contribution < 1.29 is 9.59 Å². The van der Waals surface area contributed by atoms with Crippen LogP contribution in [0.15, 0.2) is 48.5 Å². The molecular formula is C29H36N2O2. The number of nitrogens with one attached hydrogen (secondary N) is 2. The summed E-state index contributed by atoms with van der Waals surface area (Å²) in [5.74, 6) is 1.08. The molecule has 2 fully saturated rings. The van der Waals surface area contributed by atoms with Crippen LogP contribution in [0, 0.1) is 11.3 Å². The summed E-state index contributed by atoms with van der Waals surface area (Å²) in [5, 5.41) is 6.32. The lowest BCUT2D eigenvalue weighted by atomic mass is 9.79. The first-order chi connectivity index (χ1) is 15.8. The van der Waals surface area contributed by atoms with Gasteiger partial charge in [-0.15, -0.1) is 0 Å². The van der Waals surface area contributed by atoms with Crippen molar-refractivity contribution in [3.05, 3.63) is 65.2 Å². The topological polar surface area (TPSA) is 58.2 Å². The minimum atomic E-state index is -0.619. The van der Waals surface area contributed by atoms with Crippen LogP contribution in [-0.2, 0) is 21.4 Å². The molecule has 1 unspecified atom stereocenters. The molecule has 0 radical (unpaired) electrons. The fraction of sp³-hybridized carbons (Fsp3) is 0.517. The van der Waals surface area contributed by atoms with Crippen molar-refractivity contribution in [3.63, 3.8) is 0 Å². The highest BCUT2D eigenvalue weighted by atomic mass is 16.2. The Morgan fingerprint density at radius 2 is 1.76 bits per heavy atom. The smallest absolute Gasteiger partial charge is 0.230 e. The van der Waals surface area contributed by atoms with E-state index in [1.165, 1.54) is 43.2 Å². The number of anilines is 1. The van der Waals surface area contributed by atoms with Crippen molar-refractivity contribution in [2.45, 2.75) is 83.1 Å². The van der Waals surface area contributed by atoms with Crippen LogP contribution in [0.25, 0.3) is 0 Å². The molecule has 2 atom stereocenters. The van der Waals surface area contributed by atoms with Gasteiger partial charge in [-0.25, -0.2) is 0 Å². The minimum Gasteiger partial charge on any atom is -0.353 e. The van der Waals surface area contributed by atoms with Crippen LogP contribution < -0.4 is 10.6 Å². The van der Waals surface area contributed by atoms with Crippen LogP contribution in [0.5, 0.6) is 0 Å². The van der Waals surface area contributed by atoms with E-state index in [1.807, 2.05) is 38.1 Å². The van der Waals surface area contributed by atoms with Gasteiger partial charge in [0, 0.05) is 18.2 Å². The van der Waals surface area contributed by atoms with Crippen LogP contribution in [-0.4, -0.2) is 17.9 Å². The molecule has 2 aromatic carbocycles. The van der Waals surface area contributed by atoms with E-state index in [1.54, 1.807) is 0 Å². The number of fused-ring (bicyclic) bond motifs is 1. The summed E-state index contributed by atoms with van der Waals surface area (Å²) in [6.07, 6.45) is 7.80. The lowest BCUT2D eigenvalue weighted by Gasteiger charge is -2.34. The number of amides is 2. The molecule has 0 aromatic heterocycles. The number of hydrogen-bond donors (Lipinski definition) is 2. The number of carbonyl (C=O) groups excluding carboxylic acids is 2. The number of carbonyl (C=O) groups is 2. The molecule has 3 aliphatic rings. The monoisotopic (exact) mass is 444 g/mol. The Hall–Kier alpha value is -2.62. The van der Waals surface area contributed by atoms with Crippen LogP contribution >= 0.6 is 0 Å². The summed E-state index contributed by atoms with van der Waals surface area (Å²) in [7, 11) is 0. The van der Waals surface area contributed by atoms with E-state index >= 15 is 0 Å². The van der Waals surface area contributed by atoms with E-state index in [2.05, 4.69) is 41.8 Å². The Morgan fingerprint density at radius 3 is 2.39 bits per heavy atom. The van der Waals surface area contributed by atoms with E-state index in [9.17, 15) is 9.59 Å². The van der Waals surface area contributed by atoms with Crippen LogP contribution in [0.2, 0.25) is 0 Å². The van der Waals surface area contributed by atoms with Crippen LogP contribution in [0.4, 0.5) is 5.69 Å². The van der Waals surface area contributed by atoms with E-state index < -0.39 is 5.41 Å². The second-order valence-corrected chi connectivity index (χ2v) is 11.2. The molecule has 174 valence electrons. The SMILES string of the molecule is C[C@H](NC(=O)C(C)(C)c1ccc(NC(=O)CC2c3ccccc3CC23CC3)cc1)C1CCC1. The zero-order chi connectivity index (χ0) is 23.2. The molecule has 3 aliphatic carbocycles. The average Bonchev–Trinajstić information content (AvgIpc) is 3.45. The fourth-order valence-electron chi connectivity index (χ4n) is 5.82. The highest BCUT2D eigenvalue weighted by Gasteiger charge is 2.54. The number of hydrogen-bond acceptors (Lipinski definition) is 2. The molecule has 2 N–H and O–H groups in total. The molecule has 5 rings (SSSR count). The Morgan fingerprint density at radius 1 is 1.06 bits per heavy atom. The Balaban J connectivity index is 1.21. The molecule has 2 aromatic rings. The van der Waals surface area contributed by atoms with E-state index in [-0.39, 0.29) is 17.9 Å². The molecule has 0 saturated heterocycles. The molecule has 0 bridgehead atoms. The summed E-state index contributed by atoms with van der Waals surface area (Å²) in [6, 6.07) is 16.6. The highest BCUT2D eigenvalue weighted by Crippen LogP contribution is 2.64. The zero-order valence-electron chi connectivity index (χ0n) is 20.1. The molecule has 0 aliphatic heterocycles. The maximum atomic E-state index is 13.0. The van der Waals surface area contributed by atoms with Gasteiger partial charge in [-0.05, 0) is 98.9 Å². The molecule has 2 amide bonds. The predicted molar refractivity (Wildman–Crippen MR) is 132 cm³/mol. The zero-order valence-corrected chi connectivity index (χ0v) is 20.1. The number of benzene rings is 2. The van der Waals surface area contributed by atoms with Crippen molar-refractivity contribution in [3.8, 4) is 0 Å². The minimum absolute atomic E-state index is 0.0633. The van der Waals surface area contributed by atoms with Gasteiger partial charge in [-0.3, -0.25) is 9.59 Å². The van der Waals surface area contributed by atoms with Gasteiger partial charge < -0.3 is 10.6 Å². The third-order valence-corrected chi connectivity index (χ3v) is 8.67. The standard InChI is InChI=1S/C29H36N2O2/c1-19(20-8-6-9-20)30-27(33)28(2,3)22-11-13-23(14-12-22)31-26(32)17-25-24-10-5-4-7-21(24)18-29(25)15-16-29/h4-5,7,10-14,19-20,25H,6,8-9,15-18H2,1-3H3,(H,30,33)(H,31,32)/t19-,25?/m0/s1. The summed E-state index contributed by atoms with van der Waals surface area (Å²) < 4.78 is 0. The lowest BCUT2D eigenvalue weighted by molar-refractivity contribution is -0.126. The van der Waals surface area contributed by atoms with Crippen LogP contribution in [0.3, 0.4) is 0 Å². The van der Waals surface area contributed by atoms with E-state index in [0.717, 1.165) is 17.7 Å². The van der Waals surface area contributed by atoms with Gasteiger partial charge in [-0.1, -0.05) is 42.8 Å². The largest absolute Gasteiger partial charge is 0.353 e. The second-order valence-electron chi connectivity index (χ2n) is 11.2. The van der Waals surface area contributed by atoms with Crippen molar-refractivity contribution in [2.24, 2.45) is 11.3 Å². The van der Waals surface area contributed by atoms with E-state index in [0.29, 0.717) is 23.7 Å². The highest BCUT2D eigenvalue weighted by molar-refractivity contribution is 5.92. The lowest BCUT2D eigenvalue weighted by Crippen LogP contribution is -2.47.